The lowest BCUT2D eigenvalue weighted by atomic mass is 9.92. The van der Waals surface area contributed by atoms with E-state index >= 15 is 0 Å². The van der Waals surface area contributed by atoms with Gasteiger partial charge in [0.25, 0.3) is 0 Å². The smallest absolute Gasteiger partial charge is 0.226 e. The number of amides is 1. The number of carbonyl (C=O) groups excluding carboxylic acids is 1. The van der Waals surface area contributed by atoms with E-state index in [1.165, 1.54) is 0 Å². The molecule has 1 aromatic heterocycles. The van der Waals surface area contributed by atoms with E-state index in [1.807, 2.05) is 4.90 Å². The molecule has 4 heteroatoms. The molecule has 3 unspecified atom stereocenters. The Hall–Kier alpha value is -1.55. The highest BCUT2D eigenvalue weighted by Gasteiger charge is 2.34. The van der Waals surface area contributed by atoms with Crippen molar-refractivity contribution in [2.75, 3.05) is 6.54 Å². The molecule has 2 heterocycles. The largest absolute Gasteiger partial charge is 0.467 e. The molecule has 1 N–H and O–H groups in total. The standard InChI is InChI=1S/C17H23NO3/c19-15(16-9-5-11-21-16)12-14-8-4-10-18(14)17(20)13-6-2-1-3-7-13/h1-2,5,9,11,13-15,19H,3-4,6-8,10,12H2. The normalized spacial score (nSPS) is 27.0. The topological polar surface area (TPSA) is 53.7 Å². The van der Waals surface area contributed by atoms with Gasteiger partial charge in [0.15, 0.2) is 0 Å². The van der Waals surface area contributed by atoms with Crippen LogP contribution in [-0.4, -0.2) is 28.5 Å². The number of nitrogens with zero attached hydrogens (tertiary/aromatic N) is 1. The molecule has 1 aliphatic carbocycles. The van der Waals surface area contributed by atoms with Gasteiger partial charge in [-0.1, -0.05) is 12.2 Å². The second kappa shape index (κ2) is 6.48. The zero-order valence-corrected chi connectivity index (χ0v) is 12.3. The van der Waals surface area contributed by atoms with E-state index in [0.29, 0.717) is 12.2 Å². The summed E-state index contributed by atoms with van der Waals surface area (Å²) in [7, 11) is 0. The molecular weight excluding hydrogens is 266 g/mol. The van der Waals surface area contributed by atoms with E-state index < -0.39 is 6.10 Å². The first-order valence-electron chi connectivity index (χ1n) is 7.92. The van der Waals surface area contributed by atoms with Crippen molar-refractivity contribution in [3.63, 3.8) is 0 Å². The Morgan fingerprint density at radius 3 is 3.05 bits per heavy atom. The Morgan fingerprint density at radius 1 is 1.43 bits per heavy atom. The van der Waals surface area contributed by atoms with Gasteiger partial charge in [0.05, 0.1) is 6.26 Å². The van der Waals surface area contributed by atoms with Crippen LogP contribution < -0.4 is 0 Å². The number of likely N-dealkylation sites (tertiary alicyclic amines) is 1. The minimum Gasteiger partial charge on any atom is -0.467 e. The first kappa shape index (κ1) is 14.4. The molecule has 0 radical (unpaired) electrons. The number of aliphatic hydroxyl groups excluding tert-OH is 1. The van der Waals surface area contributed by atoms with Gasteiger partial charge in [0.1, 0.15) is 11.9 Å². The molecule has 1 aromatic rings. The summed E-state index contributed by atoms with van der Waals surface area (Å²) in [6.45, 7) is 0.828. The molecule has 0 saturated carbocycles. The van der Waals surface area contributed by atoms with Crippen LogP contribution in [0.5, 0.6) is 0 Å². The third-order valence-corrected chi connectivity index (χ3v) is 4.65. The van der Waals surface area contributed by atoms with Crippen LogP contribution >= 0.6 is 0 Å². The second-order valence-corrected chi connectivity index (χ2v) is 6.08. The highest BCUT2D eigenvalue weighted by atomic mass is 16.4. The van der Waals surface area contributed by atoms with Gasteiger partial charge in [-0.05, 0) is 44.2 Å². The number of aliphatic hydroxyl groups is 1. The molecule has 0 aromatic carbocycles. The maximum absolute atomic E-state index is 12.7. The van der Waals surface area contributed by atoms with Crippen molar-refractivity contribution in [1.29, 1.82) is 0 Å². The van der Waals surface area contributed by atoms with Gasteiger partial charge in [-0.3, -0.25) is 4.79 Å². The lowest BCUT2D eigenvalue weighted by Crippen LogP contribution is -2.40. The van der Waals surface area contributed by atoms with Gasteiger partial charge in [-0.15, -0.1) is 0 Å². The minimum absolute atomic E-state index is 0.136. The molecular formula is C17H23NO3. The van der Waals surface area contributed by atoms with Crippen molar-refractivity contribution in [1.82, 2.24) is 4.90 Å². The summed E-state index contributed by atoms with van der Waals surface area (Å²) in [4.78, 5) is 14.7. The number of furan rings is 1. The van der Waals surface area contributed by atoms with Crippen LogP contribution in [0.1, 0.15) is 50.4 Å². The molecule has 4 nitrogen and oxygen atoms in total. The van der Waals surface area contributed by atoms with E-state index in [0.717, 1.165) is 38.6 Å². The first-order chi connectivity index (χ1) is 10.3. The monoisotopic (exact) mass is 289 g/mol. The third kappa shape index (κ3) is 3.21. The molecule has 3 atom stereocenters. The molecule has 0 bridgehead atoms. The van der Waals surface area contributed by atoms with Gasteiger partial charge in [-0.25, -0.2) is 0 Å². The Bertz CT molecular complexity index is 494. The van der Waals surface area contributed by atoms with Crippen molar-refractivity contribution in [3.05, 3.63) is 36.3 Å². The summed E-state index contributed by atoms with van der Waals surface area (Å²) < 4.78 is 5.26. The Kier molecular flexibility index (Phi) is 4.44. The summed E-state index contributed by atoms with van der Waals surface area (Å²) in [6.07, 6.45) is 10.6. The van der Waals surface area contributed by atoms with Crippen LogP contribution in [0.15, 0.2) is 35.0 Å². The van der Waals surface area contributed by atoms with Gasteiger partial charge < -0.3 is 14.4 Å². The predicted molar refractivity (Wildman–Crippen MR) is 79.5 cm³/mol. The Balaban J connectivity index is 1.62. The van der Waals surface area contributed by atoms with Crippen LogP contribution in [0.2, 0.25) is 0 Å². The van der Waals surface area contributed by atoms with E-state index in [4.69, 9.17) is 4.42 Å². The van der Waals surface area contributed by atoms with Crippen molar-refractivity contribution in [2.45, 2.75) is 50.7 Å². The molecule has 21 heavy (non-hydrogen) atoms. The Labute approximate surface area is 125 Å². The number of allylic oxidation sites excluding steroid dienone is 2. The second-order valence-electron chi connectivity index (χ2n) is 6.08. The van der Waals surface area contributed by atoms with E-state index in [9.17, 15) is 9.90 Å². The minimum atomic E-state index is -0.621. The van der Waals surface area contributed by atoms with Crippen LogP contribution in [-0.2, 0) is 4.79 Å². The SMILES string of the molecule is O=C(C1CC=CCC1)N1CCCC1CC(O)c1ccco1. The van der Waals surface area contributed by atoms with Crippen LogP contribution in [0.4, 0.5) is 0 Å². The maximum atomic E-state index is 12.7. The van der Waals surface area contributed by atoms with Crippen molar-refractivity contribution < 1.29 is 14.3 Å². The fourth-order valence-corrected chi connectivity index (χ4v) is 3.48. The molecule has 1 amide bonds. The fourth-order valence-electron chi connectivity index (χ4n) is 3.48. The van der Waals surface area contributed by atoms with E-state index in [1.54, 1.807) is 18.4 Å². The molecule has 1 saturated heterocycles. The van der Waals surface area contributed by atoms with Crippen molar-refractivity contribution in [2.24, 2.45) is 5.92 Å². The van der Waals surface area contributed by atoms with Gasteiger partial charge in [0, 0.05) is 24.9 Å². The lowest BCUT2D eigenvalue weighted by molar-refractivity contribution is -0.137. The van der Waals surface area contributed by atoms with Crippen molar-refractivity contribution in [3.8, 4) is 0 Å². The van der Waals surface area contributed by atoms with Gasteiger partial charge in [0.2, 0.25) is 5.91 Å². The molecule has 114 valence electrons. The molecule has 1 aliphatic heterocycles. The van der Waals surface area contributed by atoms with Gasteiger partial charge >= 0.3 is 0 Å². The quantitative estimate of drug-likeness (QED) is 0.867. The third-order valence-electron chi connectivity index (χ3n) is 4.65. The van der Waals surface area contributed by atoms with E-state index in [-0.39, 0.29) is 17.9 Å². The average Bonchev–Trinajstić information content (AvgIpc) is 3.19. The van der Waals surface area contributed by atoms with Crippen LogP contribution in [0.3, 0.4) is 0 Å². The fraction of sp³-hybridized carbons (Fsp3) is 0.588. The molecule has 0 spiro atoms. The Morgan fingerprint density at radius 2 is 2.33 bits per heavy atom. The first-order valence-corrected chi connectivity index (χ1v) is 7.92. The molecule has 2 aliphatic rings. The van der Waals surface area contributed by atoms with Crippen LogP contribution in [0.25, 0.3) is 0 Å². The molecule has 1 fully saturated rings. The molecule has 3 rings (SSSR count). The maximum Gasteiger partial charge on any atom is 0.226 e. The highest BCUT2D eigenvalue weighted by Crippen LogP contribution is 2.30. The van der Waals surface area contributed by atoms with Gasteiger partial charge in [-0.2, -0.15) is 0 Å². The lowest BCUT2D eigenvalue weighted by Gasteiger charge is -2.30. The average molecular weight is 289 g/mol. The number of rotatable bonds is 4. The summed E-state index contributed by atoms with van der Waals surface area (Å²) in [5.74, 6) is 1.000. The number of carbonyl (C=O) groups is 1. The zero-order valence-electron chi connectivity index (χ0n) is 12.3. The number of hydrogen-bond donors (Lipinski definition) is 1. The zero-order chi connectivity index (χ0) is 14.7. The van der Waals surface area contributed by atoms with Crippen LogP contribution in [0, 0.1) is 5.92 Å². The summed E-state index contributed by atoms with van der Waals surface area (Å²) >= 11 is 0. The summed E-state index contributed by atoms with van der Waals surface area (Å²) in [5.41, 5.74) is 0. The number of hydrogen-bond acceptors (Lipinski definition) is 3. The highest BCUT2D eigenvalue weighted by molar-refractivity contribution is 5.79. The van der Waals surface area contributed by atoms with E-state index in [2.05, 4.69) is 12.2 Å². The summed E-state index contributed by atoms with van der Waals surface area (Å²) in [6, 6.07) is 3.71. The summed E-state index contributed by atoms with van der Waals surface area (Å²) in [5, 5.41) is 10.2. The predicted octanol–water partition coefficient (Wildman–Crippen LogP) is 3.05. The van der Waals surface area contributed by atoms with Crippen molar-refractivity contribution >= 4 is 5.91 Å².